The fraction of sp³-hybridized carbons (Fsp3) is 0.286. The number of nitrogens with one attached hydrogen (secondary N) is 1. The summed E-state index contributed by atoms with van der Waals surface area (Å²) in [4.78, 5) is 0.418. The van der Waals surface area contributed by atoms with Crippen molar-refractivity contribution in [3.8, 4) is 0 Å². The zero-order valence-electron chi connectivity index (χ0n) is 11.2. The van der Waals surface area contributed by atoms with Crippen molar-refractivity contribution in [2.24, 2.45) is 5.73 Å². The molecule has 5 heteroatoms. The lowest BCUT2D eigenvalue weighted by Gasteiger charge is -2.12. The van der Waals surface area contributed by atoms with Crippen LogP contribution in [0, 0.1) is 13.8 Å². The van der Waals surface area contributed by atoms with E-state index >= 15 is 0 Å². The summed E-state index contributed by atoms with van der Waals surface area (Å²) in [7, 11) is 0. The van der Waals surface area contributed by atoms with Crippen molar-refractivity contribution in [2.45, 2.75) is 20.4 Å². The number of aromatic nitrogens is 2. The van der Waals surface area contributed by atoms with Crippen molar-refractivity contribution in [1.82, 2.24) is 9.78 Å². The van der Waals surface area contributed by atoms with Crippen molar-refractivity contribution in [3.63, 3.8) is 0 Å². The number of nitrogens with zero attached hydrogens (tertiary/aromatic N) is 2. The highest BCUT2D eigenvalue weighted by molar-refractivity contribution is 7.80. The molecule has 100 valence electrons. The smallest absolute Gasteiger partial charge is 0.106 e. The van der Waals surface area contributed by atoms with Gasteiger partial charge in [-0.05, 0) is 31.5 Å². The molecule has 0 amide bonds. The van der Waals surface area contributed by atoms with Crippen LogP contribution in [-0.4, -0.2) is 21.3 Å². The molecule has 0 bridgehead atoms. The number of anilines is 1. The Morgan fingerprint density at radius 1 is 1.37 bits per heavy atom. The maximum atomic E-state index is 5.74. The zero-order valence-corrected chi connectivity index (χ0v) is 12.0. The van der Waals surface area contributed by atoms with Crippen LogP contribution in [-0.2, 0) is 6.54 Å². The minimum atomic E-state index is 0.418. The number of benzene rings is 1. The van der Waals surface area contributed by atoms with E-state index in [1.807, 2.05) is 49.1 Å². The Labute approximate surface area is 118 Å². The average molecular weight is 274 g/mol. The summed E-state index contributed by atoms with van der Waals surface area (Å²) in [5.41, 5.74) is 9.93. The number of thiocarbonyl (C=S) groups is 1. The second-order valence-corrected chi connectivity index (χ2v) is 5.06. The topological polar surface area (TPSA) is 55.9 Å². The van der Waals surface area contributed by atoms with E-state index in [0.717, 1.165) is 29.9 Å². The van der Waals surface area contributed by atoms with Crippen LogP contribution in [0.5, 0.6) is 0 Å². The molecule has 0 saturated carbocycles. The van der Waals surface area contributed by atoms with Crippen LogP contribution in [0.3, 0.4) is 0 Å². The van der Waals surface area contributed by atoms with E-state index in [1.165, 1.54) is 5.56 Å². The van der Waals surface area contributed by atoms with Crippen molar-refractivity contribution in [3.05, 3.63) is 47.3 Å². The number of hydrogen-bond acceptors (Lipinski definition) is 3. The Morgan fingerprint density at radius 2 is 2.16 bits per heavy atom. The second-order valence-electron chi connectivity index (χ2n) is 4.62. The molecule has 0 aliphatic carbocycles. The minimum Gasteiger partial charge on any atom is -0.389 e. The molecule has 1 aromatic heterocycles. The van der Waals surface area contributed by atoms with Gasteiger partial charge in [-0.25, -0.2) is 0 Å². The van der Waals surface area contributed by atoms with Crippen molar-refractivity contribution in [2.75, 3.05) is 11.9 Å². The highest BCUT2D eigenvalue weighted by atomic mass is 32.1. The Hall–Kier alpha value is -1.88. The van der Waals surface area contributed by atoms with Gasteiger partial charge in [0.25, 0.3) is 0 Å². The first-order valence-corrected chi connectivity index (χ1v) is 6.60. The molecule has 0 fully saturated rings. The summed E-state index contributed by atoms with van der Waals surface area (Å²) in [6.07, 6.45) is 3.87. The van der Waals surface area contributed by atoms with Gasteiger partial charge >= 0.3 is 0 Å². The van der Waals surface area contributed by atoms with Crippen LogP contribution in [0.25, 0.3) is 0 Å². The van der Waals surface area contributed by atoms with Gasteiger partial charge in [0.2, 0.25) is 0 Å². The molecule has 1 heterocycles. The van der Waals surface area contributed by atoms with Gasteiger partial charge in [0.05, 0.1) is 12.7 Å². The molecule has 0 atom stereocenters. The van der Waals surface area contributed by atoms with Crippen molar-refractivity contribution >= 4 is 22.9 Å². The third-order valence-corrected chi connectivity index (χ3v) is 3.08. The van der Waals surface area contributed by atoms with Crippen molar-refractivity contribution in [1.29, 1.82) is 0 Å². The predicted molar refractivity (Wildman–Crippen MR) is 82.5 cm³/mol. The van der Waals surface area contributed by atoms with Gasteiger partial charge in [-0.1, -0.05) is 23.8 Å². The SMILES string of the molecule is Cc1ccc(NCCn2cc(C)cn2)c(C(N)=S)c1. The molecule has 2 aromatic rings. The molecule has 2 rings (SSSR count). The van der Waals surface area contributed by atoms with Crippen LogP contribution < -0.4 is 11.1 Å². The lowest BCUT2D eigenvalue weighted by molar-refractivity contribution is 0.637. The Kier molecular flexibility index (Phi) is 4.16. The fourth-order valence-corrected chi connectivity index (χ4v) is 2.08. The van der Waals surface area contributed by atoms with Gasteiger partial charge in [-0.2, -0.15) is 5.10 Å². The summed E-state index contributed by atoms with van der Waals surface area (Å²) >= 11 is 5.08. The van der Waals surface area contributed by atoms with Gasteiger partial charge in [-0.15, -0.1) is 0 Å². The molecule has 19 heavy (non-hydrogen) atoms. The van der Waals surface area contributed by atoms with E-state index in [1.54, 1.807) is 0 Å². The molecular weight excluding hydrogens is 256 g/mol. The molecule has 4 nitrogen and oxygen atoms in total. The number of rotatable bonds is 5. The Balaban J connectivity index is 2.01. The van der Waals surface area contributed by atoms with Crippen LogP contribution in [0.1, 0.15) is 16.7 Å². The first-order valence-electron chi connectivity index (χ1n) is 6.19. The maximum absolute atomic E-state index is 5.74. The molecule has 1 aromatic carbocycles. The van der Waals surface area contributed by atoms with E-state index in [2.05, 4.69) is 10.4 Å². The first kappa shape index (κ1) is 13.5. The molecule has 3 N–H and O–H groups in total. The third-order valence-electron chi connectivity index (χ3n) is 2.86. The monoisotopic (exact) mass is 274 g/mol. The van der Waals surface area contributed by atoms with Gasteiger partial charge < -0.3 is 11.1 Å². The van der Waals surface area contributed by atoms with Crippen LogP contribution in [0.15, 0.2) is 30.6 Å². The molecule has 0 radical (unpaired) electrons. The Morgan fingerprint density at radius 3 is 2.79 bits per heavy atom. The van der Waals surface area contributed by atoms with Crippen LogP contribution >= 0.6 is 12.2 Å². The maximum Gasteiger partial charge on any atom is 0.106 e. The summed E-state index contributed by atoms with van der Waals surface area (Å²) in [6.45, 7) is 5.64. The minimum absolute atomic E-state index is 0.418. The predicted octanol–water partition coefficient (Wildman–Crippen LogP) is 2.25. The van der Waals surface area contributed by atoms with Gasteiger partial charge in [-0.3, -0.25) is 4.68 Å². The molecule has 0 saturated heterocycles. The molecule has 0 spiro atoms. The lowest BCUT2D eigenvalue weighted by Crippen LogP contribution is -2.16. The second kappa shape index (κ2) is 5.84. The fourth-order valence-electron chi connectivity index (χ4n) is 1.91. The number of hydrogen-bond donors (Lipinski definition) is 2. The molecule has 0 unspecified atom stereocenters. The largest absolute Gasteiger partial charge is 0.389 e. The zero-order chi connectivity index (χ0) is 13.8. The standard InChI is InChI=1S/C14H18N4S/c1-10-3-4-13(12(7-10)14(15)19)16-5-6-18-9-11(2)8-17-18/h3-4,7-9,16H,5-6H2,1-2H3,(H2,15,19). The van der Waals surface area contributed by atoms with E-state index in [0.29, 0.717) is 4.99 Å². The summed E-state index contributed by atoms with van der Waals surface area (Å²) in [6, 6.07) is 6.06. The van der Waals surface area contributed by atoms with Gasteiger partial charge in [0.15, 0.2) is 0 Å². The van der Waals surface area contributed by atoms with E-state index in [9.17, 15) is 0 Å². The number of nitrogens with two attached hydrogens (primary N) is 1. The summed E-state index contributed by atoms with van der Waals surface area (Å²) in [5.74, 6) is 0. The van der Waals surface area contributed by atoms with E-state index < -0.39 is 0 Å². The normalized spacial score (nSPS) is 10.4. The highest BCUT2D eigenvalue weighted by Crippen LogP contribution is 2.17. The summed E-state index contributed by atoms with van der Waals surface area (Å²) < 4.78 is 1.91. The van der Waals surface area contributed by atoms with Crippen LogP contribution in [0.2, 0.25) is 0 Å². The van der Waals surface area contributed by atoms with Crippen molar-refractivity contribution < 1.29 is 0 Å². The van der Waals surface area contributed by atoms with Crippen LogP contribution in [0.4, 0.5) is 5.69 Å². The first-order chi connectivity index (χ1) is 9.06. The summed E-state index contributed by atoms with van der Waals surface area (Å²) in [5, 5.41) is 7.60. The quantitative estimate of drug-likeness (QED) is 0.821. The van der Waals surface area contributed by atoms with Gasteiger partial charge in [0.1, 0.15) is 4.99 Å². The third kappa shape index (κ3) is 3.54. The molecular formula is C14H18N4S. The van der Waals surface area contributed by atoms with Gasteiger partial charge in [0, 0.05) is 24.0 Å². The highest BCUT2D eigenvalue weighted by Gasteiger charge is 2.05. The number of aryl methyl sites for hydroxylation is 2. The van der Waals surface area contributed by atoms with E-state index in [-0.39, 0.29) is 0 Å². The molecule has 0 aliphatic rings. The lowest BCUT2D eigenvalue weighted by atomic mass is 10.1. The average Bonchev–Trinajstić information content (AvgIpc) is 2.77. The Bertz CT molecular complexity index is 589. The van der Waals surface area contributed by atoms with E-state index in [4.69, 9.17) is 18.0 Å². The molecule has 0 aliphatic heterocycles.